The van der Waals surface area contributed by atoms with E-state index in [1.807, 2.05) is 0 Å². The summed E-state index contributed by atoms with van der Waals surface area (Å²) in [5.41, 5.74) is 0. The second-order valence-electron chi connectivity index (χ2n) is 5.92. The maximum absolute atomic E-state index is 5.52. The molecule has 0 N–H and O–H groups in total. The van der Waals surface area contributed by atoms with Crippen LogP contribution >= 0.6 is 0 Å². The number of epoxide rings is 1. The Labute approximate surface area is 186 Å². The molecule has 1 saturated heterocycles. The third-order valence-electron chi connectivity index (χ3n) is 3.85. The molecule has 1 rings (SSSR count). The fourth-order valence-corrected chi connectivity index (χ4v) is 2.42. The molecule has 28 heavy (non-hydrogen) atoms. The molecule has 0 saturated carbocycles. The van der Waals surface area contributed by atoms with E-state index in [4.69, 9.17) is 9.47 Å². The summed E-state index contributed by atoms with van der Waals surface area (Å²) in [5.74, 6) is 0. The normalized spacial score (nSPS) is 12.1. The van der Waals surface area contributed by atoms with Crippen molar-refractivity contribution < 1.29 is 9.47 Å². The van der Waals surface area contributed by atoms with Crippen LogP contribution in [-0.4, -0.2) is 25.9 Å². The van der Waals surface area contributed by atoms with Crippen LogP contribution in [0.25, 0.3) is 0 Å². The van der Waals surface area contributed by atoms with Gasteiger partial charge in [0.2, 0.25) is 0 Å². The highest BCUT2D eigenvalue weighted by Crippen LogP contribution is 2.12. The highest BCUT2D eigenvalue weighted by Gasteiger charge is 2.21. The van der Waals surface area contributed by atoms with Gasteiger partial charge in [-0.2, -0.15) is 0 Å². The maximum Gasteiger partial charge on any atom is 0.104 e. The van der Waals surface area contributed by atoms with E-state index in [9.17, 15) is 0 Å². The summed E-state index contributed by atoms with van der Waals surface area (Å²) in [4.78, 5) is 0. The minimum absolute atomic E-state index is 0. The molecule has 2 heteroatoms. The van der Waals surface area contributed by atoms with Crippen LogP contribution in [0.15, 0.2) is 0 Å². The monoisotopic (exact) mass is 415 g/mol. The number of rotatable bonds is 15. The number of hydrogen-bond acceptors (Lipinski definition) is 2. The van der Waals surface area contributed by atoms with E-state index in [-0.39, 0.29) is 66.8 Å². The first-order valence-electron chi connectivity index (χ1n) is 8.63. The van der Waals surface area contributed by atoms with Crippen molar-refractivity contribution in [3.63, 3.8) is 0 Å². The number of ether oxygens (including phenoxy) is 2. The van der Waals surface area contributed by atoms with Gasteiger partial charge < -0.3 is 9.47 Å². The van der Waals surface area contributed by atoms with Crippen LogP contribution in [0.2, 0.25) is 0 Å². The molecule has 0 radical (unpaired) electrons. The lowest BCUT2D eigenvalue weighted by molar-refractivity contribution is 0.113. The molecule has 1 aliphatic rings. The van der Waals surface area contributed by atoms with Gasteiger partial charge in [0.15, 0.2) is 0 Å². The first kappa shape index (κ1) is 56.5. The van der Waals surface area contributed by atoms with Crippen LogP contribution in [0.4, 0.5) is 0 Å². The summed E-state index contributed by atoms with van der Waals surface area (Å²) in [6.07, 6.45) is 17.3. The van der Waals surface area contributed by atoms with E-state index in [1.165, 1.54) is 77.0 Å². The Kier molecular flexibility index (Phi) is 92.0. The lowest BCUT2D eigenvalue weighted by Gasteiger charge is -2.03. The van der Waals surface area contributed by atoms with Crippen molar-refractivity contribution in [2.75, 3.05) is 19.8 Å². The first-order chi connectivity index (χ1) is 9.43. The maximum atomic E-state index is 5.52. The first-order valence-corrected chi connectivity index (χ1v) is 8.63. The van der Waals surface area contributed by atoms with Gasteiger partial charge in [0.05, 0.1) is 13.2 Å². The van der Waals surface area contributed by atoms with Crippen LogP contribution in [0.1, 0.15) is 151 Å². The smallest absolute Gasteiger partial charge is 0.104 e. The SMILES string of the molecule is C.C.C.C.C.C.C.C.C.CCCCCCCCCCCCCCOCC1CO1. The standard InChI is InChI=1S/C17H34O2.9CH4/c1-2-3-4-5-6-7-8-9-10-11-12-13-14-18-15-17-16-19-17;;;;;;;;;/h17H,2-16H2,1H3;9*1H4. The van der Waals surface area contributed by atoms with E-state index < -0.39 is 0 Å². The Morgan fingerprint density at radius 2 is 0.893 bits per heavy atom. The van der Waals surface area contributed by atoms with Gasteiger partial charge in [-0.1, -0.05) is 144 Å². The van der Waals surface area contributed by atoms with Gasteiger partial charge in [-0.05, 0) is 6.42 Å². The van der Waals surface area contributed by atoms with Gasteiger partial charge in [-0.25, -0.2) is 0 Å². The molecule has 0 bridgehead atoms. The Balaban J connectivity index is -0.0000000573. The summed E-state index contributed by atoms with van der Waals surface area (Å²) in [7, 11) is 0. The second-order valence-corrected chi connectivity index (χ2v) is 5.92. The predicted octanol–water partition coefficient (Wildman–Crippen LogP) is 10.8. The van der Waals surface area contributed by atoms with Gasteiger partial charge in [0.25, 0.3) is 0 Å². The molecule has 2 nitrogen and oxygen atoms in total. The van der Waals surface area contributed by atoms with E-state index in [0.29, 0.717) is 6.10 Å². The fourth-order valence-electron chi connectivity index (χ4n) is 2.42. The van der Waals surface area contributed by atoms with Crippen molar-refractivity contribution in [3.8, 4) is 0 Å². The Morgan fingerprint density at radius 3 is 1.21 bits per heavy atom. The largest absolute Gasteiger partial charge is 0.379 e. The topological polar surface area (TPSA) is 21.8 Å². The van der Waals surface area contributed by atoms with E-state index >= 15 is 0 Å². The fraction of sp³-hybridized carbons (Fsp3) is 1.00. The zero-order valence-electron chi connectivity index (χ0n) is 13.0. The summed E-state index contributed by atoms with van der Waals surface area (Å²) in [6, 6.07) is 0. The van der Waals surface area contributed by atoms with Crippen LogP contribution in [0, 0.1) is 0 Å². The summed E-state index contributed by atoms with van der Waals surface area (Å²) in [6.45, 7) is 4.94. The molecule has 1 aliphatic heterocycles. The van der Waals surface area contributed by atoms with E-state index in [1.54, 1.807) is 0 Å². The van der Waals surface area contributed by atoms with E-state index in [2.05, 4.69) is 6.92 Å². The molecule has 0 aliphatic carbocycles. The molecule has 1 atom stereocenters. The van der Waals surface area contributed by atoms with Crippen LogP contribution in [0.5, 0.6) is 0 Å². The van der Waals surface area contributed by atoms with Gasteiger partial charge in [-0.15, -0.1) is 0 Å². The van der Waals surface area contributed by atoms with Crippen molar-refractivity contribution in [2.45, 2.75) is 157 Å². The zero-order chi connectivity index (χ0) is 13.6. The average molecular weight is 415 g/mol. The molecule has 1 unspecified atom stereocenters. The Hall–Kier alpha value is -0.0800. The minimum atomic E-state index is 0. The predicted molar refractivity (Wildman–Crippen MR) is 142 cm³/mol. The van der Waals surface area contributed by atoms with Crippen molar-refractivity contribution in [2.24, 2.45) is 0 Å². The second kappa shape index (κ2) is 45.6. The Morgan fingerprint density at radius 1 is 0.571 bits per heavy atom. The highest BCUT2D eigenvalue weighted by molar-refractivity contribution is 4.66. The van der Waals surface area contributed by atoms with Crippen molar-refractivity contribution in [1.29, 1.82) is 0 Å². The van der Waals surface area contributed by atoms with Gasteiger partial charge >= 0.3 is 0 Å². The summed E-state index contributed by atoms with van der Waals surface area (Å²) < 4.78 is 10.6. The number of hydrogen-bond donors (Lipinski definition) is 0. The third-order valence-corrected chi connectivity index (χ3v) is 3.85. The number of unbranched alkanes of at least 4 members (excludes halogenated alkanes) is 11. The molecule has 0 aromatic carbocycles. The zero-order valence-corrected chi connectivity index (χ0v) is 13.0. The minimum Gasteiger partial charge on any atom is -0.379 e. The highest BCUT2D eigenvalue weighted by atomic mass is 16.6. The molecule has 186 valence electrons. The lowest BCUT2D eigenvalue weighted by atomic mass is 10.1. The molecular formula is C26H70O2. The van der Waals surface area contributed by atoms with Crippen LogP contribution in [0.3, 0.4) is 0 Å². The molecule has 0 amide bonds. The molecular weight excluding hydrogens is 344 g/mol. The summed E-state index contributed by atoms with van der Waals surface area (Å²) >= 11 is 0. The van der Waals surface area contributed by atoms with Crippen molar-refractivity contribution in [1.82, 2.24) is 0 Å². The van der Waals surface area contributed by atoms with E-state index in [0.717, 1.165) is 19.8 Å². The average Bonchev–Trinajstić information content (AvgIpc) is 3.23. The molecule has 1 fully saturated rings. The lowest BCUT2D eigenvalue weighted by Crippen LogP contribution is -2.02. The molecule has 0 aromatic rings. The van der Waals surface area contributed by atoms with Crippen LogP contribution in [-0.2, 0) is 9.47 Å². The van der Waals surface area contributed by atoms with Crippen LogP contribution < -0.4 is 0 Å². The molecule has 0 aromatic heterocycles. The van der Waals surface area contributed by atoms with Crippen molar-refractivity contribution >= 4 is 0 Å². The quantitative estimate of drug-likeness (QED) is 0.196. The van der Waals surface area contributed by atoms with Gasteiger partial charge in [0.1, 0.15) is 6.10 Å². The summed E-state index contributed by atoms with van der Waals surface area (Å²) in [5, 5.41) is 0. The van der Waals surface area contributed by atoms with Gasteiger partial charge in [-0.3, -0.25) is 0 Å². The molecule has 0 spiro atoms. The van der Waals surface area contributed by atoms with Gasteiger partial charge in [0, 0.05) is 6.61 Å². The van der Waals surface area contributed by atoms with Crippen molar-refractivity contribution in [3.05, 3.63) is 0 Å². The molecule has 1 heterocycles. The third kappa shape index (κ3) is 45.0. The Bertz CT molecular complexity index is 179.